The highest BCUT2D eigenvalue weighted by molar-refractivity contribution is 7.17. The number of hydrogen-bond donors (Lipinski definition) is 3. The lowest BCUT2D eigenvalue weighted by molar-refractivity contribution is 0.229. The molecular weight excluding hydrogens is 405 g/mol. The number of rotatable bonds is 3. The highest BCUT2D eigenvalue weighted by atomic mass is 35.5. The van der Waals surface area contributed by atoms with E-state index in [1.807, 2.05) is 17.5 Å². The Bertz CT molecular complexity index is 1020. The number of likely N-dealkylation sites (tertiary alicyclic amines) is 1. The number of phenols is 1. The van der Waals surface area contributed by atoms with Gasteiger partial charge in [-0.15, -0.1) is 36.2 Å². The number of aromatic nitrogens is 1. The van der Waals surface area contributed by atoms with Gasteiger partial charge < -0.3 is 15.8 Å². The number of halogens is 2. The lowest BCUT2D eigenvalue weighted by Gasteiger charge is -2.29. The number of H-pyrrole nitrogens is 1. The molecule has 0 radical (unpaired) electrons. The fourth-order valence-corrected chi connectivity index (χ4v) is 4.40. The van der Waals surface area contributed by atoms with Crippen LogP contribution < -0.4 is 11.3 Å². The quantitative estimate of drug-likeness (QED) is 0.594. The van der Waals surface area contributed by atoms with Crippen molar-refractivity contribution in [1.29, 1.82) is 0 Å². The monoisotopic (exact) mass is 427 g/mol. The first-order valence-corrected chi connectivity index (χ1v) is 9.41. The number of nitrogens with two attached hydrogens (primary N) is 1. The van der Waals surface area contributed by atoms with E-state index < -0.39 is 0 Å². The van der Waals surface area contributed by atoms with E-state index in [2.05, 4.69) is 16.0 Å². The molecule has 3 heterocycles. The molecule has 1 unspecified atom stereocenters. The molecule has 5 nitrogen and oxygen atoms in total. The minimum Gasteiger partial charge on any atom is -0.507 e. The number of pyridine rings is 1. The van der Waals surface area contributed by atoms with Crippen LogP contribution in [0.4, 0.5) is 0 Å². The van der Waals surface area contributed by atoms with Crippen LogP contribution >= 0.6 is 36.2 Å². The van der Waals surface area contributed by atoms with E-state index in [9.17, 15) is 9.90 Å². The predicted octanol–water partition coefficient (Wildman–Crippen LogP) is 3.73. The third-order valence-electron chi connectivity index (χ3n) is 4.80. The molecule has 1 aromatic carbocycles. The van der Waals surface area contributed by atoms with Crippen LogP contribution in [0, 0.1) is 0 Å². The lowest BCUT2D eigenvalue weighted by atomic mass is 10.0. The molecule has 0 saturated carbocycles. The van der Waals surface area contributed by atoms with Crippen LogP contribution in [0.5, 0.6) is 5.75 Å². The van der Waals surface area contributed by atoms with Crippen LogP contribution in [-0.4, -0.2) is 40.7 Å². The second-order valence-corrected chi connectivity index (χ2v) is 7.52. The standard InChI is InChI=1S/C19H21N3O2S.2ClH/c20-12-3-1-8-22(11-12)9-2-4-13-16(23)6-5-15-17(13)14-7-10-25-18(14)19(24)21-15;;/h2,4-7,10,12,23H,1,3,8-9,11,20H2,(H,21,24);2*1H. The predicted molar refractivity (Wildman–Crippen MR) is 119 cm³/mol. The third kappa shape index (κ3) is 4.31. The summed E-state index contributed by atoms with van der Waals surface area (Å²) in [5, 5.41) is 14.1. The van der Waals surface area contributed by atoms with Gasteiger partial charge in [-0.3, -0.25) is 9.69 Å². The van der Waals surface area contributed by atoms with Gasteiger partial charge in [0.25, 0.3) is 5.56 Å². The summed E-state index contributed by atoms with van der Waals surface area (Å²) in [4.78, 5) is 17.4. The Morgan fingerprint density at radius 3 is 2.93 bits per heavy atom. The van der Waals surface area contributed by atoms with Gasteiger partial charge in [0.2, 0.25) is 0 Å². The molecule has 146 valence electrons. The smallest absolute Gasteiger partial charge is 0.266 e. The Morgan fingerprint density at radius 1 is 1.33 bits per heavy atom. The second kappa shape index (κ2) is 9.08. The first kappa shape index (κ1) is 21.7. The van der Waals surface area contributed by atoms with Gasteiger partial charge in [0.15, 0.2) is 0 Å². The summed E-state index contributed by atoms with van der Waals surface area (Å²) in [7, 11) is 0. The summed E-state index contributed by atoms with van der Waals surface area (Å²) >= 11 is 1.42. The van der Waals surface area contributed by atoms with Crippen molar-refractivity contribution in [2.24, 2.45) is 5.73 Å². The van der Waals surface area contributed by atoms with E-state index in [4.69, 9.17) is 5.73 Å². The van der Waals surface area contributed by atoms with Crippen molar-refractivity contribution in [3.8, 4) is 5.75 Å². The molecule has 0 bridgehead atoms. The van der Waals surface area contributed by atoms with Gasteiger partial charge in [-0.25, -0.2) is 0 Å². The molecule has 1 atom stereocenters. The van der Waals surface area contributed by atoms with Gasteiger partial charge in [0.05, 0.1) is 0 Å². The minimum absolute atomic E-state index is 0. The number of aromatic amines is 1. The number of aromatic hydroxyl groups is 1. The van der Waals surface area contributed by atoms with E-state index in [0.29, 0.717) is 4.70 Å². The molecule has 0 aliphatic carbocycles. The number of thiophene rings is 1. The van der Waals surface area contributed by atoms with Crippen LogP contribution in [-0.2, 0) is 0 Å². The Hall–Kier alpha value is -1.57. The number of nitrogens with zero attached hydrogens (tertiary/aromatic N) is 1. The number of hydrogen-bond acceptors (Lipinski definition) is 5. The Balaban J connectivity index is 0.00000131. The maximum Gasteiger partial charge on any atom is 0.266 e. The number of nitrogens with one attached hydrogen (secondary N) is 1. The summed E-state index contributed by atoms with van der Waals surface area (Å²) in [6.07, 6.45) is 6.24. The normalized spacial score (nSPS) is 17.9. The zero-order valence-electron chi connectivity index (χ0n) is 14.7. The fourth-order valence-electron chi connectivity index (χ4n) is 3.61. The largest absolute Gasteiger partial charge is 0.507 e. The lowest BCUT2D eigenvalue weighted by Crippen LogP contribution is -2.42. The maximum absolute atomic E-state index is 12.2. The molecule has 2 aromatic heterocycles. The van der Waals surface area contributed by atoms with Crippen molar-refractivity contribution in [2.75, 3.05) is 19.6 Å². The van der Waals surface area contributed by atoms with Crippen LogP contribution in [0.15, 0.2) is 34.4 Å². The molecule has 3 aromatic rings. The molecule has 27 heavy (non-hydrogen) atoms. The van der Waals surface area contributed by atoms with Crippen molar-refractivity contribution in [3.05, 3.63) is 45.6 Å². The Kier molecular flexibility index (Phi) is 7.31. The maximum atomic E-state index is 12.2. The van der Waals surface area contributed by atoms with Crippen molar-refractivity contribution < 1.29 is 5.11 Å². The van der Waals surface area contributed by atoms with E-state index in [0.717, 1.165) is 54.3 Å². The van der Waals surface area contributed by atoms with Gasteiger partial charge in [-0.05, 0) is 43.0 Å². The number of fused-ring (bicyclic) bond motifs is 3. The minimum atomic E-state index is -0.0829. The van der Waals surface area contributed by atoms with Crippen molar-refractivity contribution in [3.63, 3.8) is 0 Å². The van der Waals surface area contributed by atoms with Crippen LogP contribution in [0.1, 0.15) is 18.4 Å². The van der Waals surface area contributed by atoms with Crippen molar-refractivity contribution in [2.45, 2.75) is 18.9 Å². The summed E-state index contributed by atoms with van der Waals surface area (Å²) < 4.78 is 0.690. The van der Waals surface area contributed by atoms with E-state index >= 15 is 0 Å². The van der Waals surface area contributed by atoms with Crippen molar-refractivity contribution in [1.82, 2.24) is 9.88 Å². The Labute approximate surface area is 173 Å². The summed E-state index contributed by atoms with van der Waals surface area (Å²) in [5.41, 5.74) is 7.44. The number of piperidine rings is 1. The second-order valence-electron chi connectivity index (χ2n) is 6.60. The SMILES string of the molecule is Cl.Cl.NC1CCCN(CC=Cc2c(O)ccc3[nH]c(=O)c4sccc4c23)C1. The first-order chi connectivity index (χ1) is 12.1. The van der Waals surface area contributed by atoms with E-state index in [-0.39, 0.29) is 42.2 Å². The van der Waals surface area contributed by atoms with Gasteiger partial charge >= 0.3 is 0 Å². The molecule has 4 rings (SSSR count). The van der Waals surface area contributed by atoms with Crippen LogP contribution in [0.3, 0.4) is 0 Å². The summed E-state index contributed by atoms with van der Waals surface area (Å²) in [5.74, 6) is 0.221. The average molecular weight is 428 g/mol. The molecular formula is C19H23Cl2N3O2S. The van der Waals surface area contributed by atoms with E-state index in [1.165, 1.54) is 11.3 Å². The molecule has 0 amide bonds. The Morgan fingerprint density at radius 2 is 2.15 bits per heavy atom. The molecule has 1 aliphatic heterocycles. The zero-order valence-corrected chi connectivity index (χ0v) is 17.1. The average Bonchev–Trinajstić information content (AvgIpc) is 3.08. The van der Waals surface area contributed by atoms with Gasteiger partial charge in [-0.2, -0.15) is 0 Å². The first-order valence-electron chi connectivity index (χ1n) is 8.53. The van der Waals surface area contributed by atoms with Crippen molar-refractivity contribution >= 4 is 63.2 Å². The highest BCUT2D eigenvalue weighted by Crippen LogP contribution is 2.33. The fraction of sp³-hybridized carbons (Fsp3) is 0.316. The third-order valence-corrected chi connectivity index (χ3v) is 5.71. The van der Waals surface area contributed by atoms with Gasteiger partial charge in [0.1, 0.15) is 10.4 Å². The molecule has 4 N–H and O–H groups in total. The van der Waals surface area contributed by atoms with Gasteiger partial charge in [-0.1, -0.05) is 12.2 Å². The molecule has 1 saturated heterocycles. The van der Waals surface area contributed by atoms with Crippen LogP contribution in [0.25, 0.3) is 27.1 Å². The molecule has 1 fully saturated rings. The number of benzene rings is 1. The molecule has 1 aliphatic rings. The molecule has 8 heteroatoms. The molecule has 0 spiro atoms. The number of phenolic OH excluding ortho intramolecular Hbond substituents is 1. The topological polar surface area (TPSA) is 82.3 Å². The van der Waals surface area contributed by atoms with Gasteiger partial charge in [0, 0.05) is 41.0 Å². The van der Waals surface area contributed by atoms with Crippen LogP contribution in [0.2, 0.25) is 0 Å². The zero-order chi connectivity index (χ0) is 17.4. The highest BCUT2D eigenvalue weighted by Gasteiger charge is 2.15. The van der Waals surface area contributed by atoms with E-state index in [1.54, 1.807) is 12.1 Å². The summed E-state index contributed by atoms with van der Waals surface area (Å²) in [6.45, 7) is 2.77. The summed E-state index contributed by atoms with van der Waals surface area (Å²) in [6, 6.07) is 5.58.